The first kappa shape index (κ1) is 20.7. The largest absolute Gasteiger partial charge is 0.497 e. The summed E-state index contributed by atoms with van der Waals surface area (Å²) < 4.78 is 22.2. The van der Waals surface area contributed by atoms with Gasteiger partial charge in [0.2, 0.25) is 16.5 Å². The Hall–Kier alpha value is -3.53. The summed E-state index contributed by atoms with van der Waals surface area (Å²) in [7, 11) is 1.59. The van der Waals surface area contributed by atoms with Crippen LogP contribution in [0.3, 0.4) is 0 Å². The highest BCUT2D eigenvalue weighted by Crippen LogP contribution is 2.15. The van der Waals surface area contributed by atoms with Crippen LogP contribution in [0.2, 0.25) is 0 Å². The Morgan fingerprint density at radius 3 is 2.77 bits per heavy atom. The van der Waals surface area contributed by atoms with Gasteiger partial charge in [-0.25, -0.2) is 9.49 Å². The van der Waals surface area contributed by atoms with Crippen LogP contribution in [0.5, 0.6) is 5.75 Å². The van der Waals surface area contributed by atoms with E-state index >= 15 is 0 Å². The summed E-state index contributed by atoms with van der Waals surface area (Å²) in [6.07, 6.45) is 0.738. The van der Waals surface area contributed by atoms with Crippen LogP contribution in [0.15, 0.2) is 47.3 Å². The zero-order chi connectivity index (χ0) is 22.0. The number of nitrogens with one attached hydrogen (secondary N) is 2. The van der Waals surface area contributed by atoms with Crippen LogP contribution in [-0.4, -0.2) is 38.7 Å². The van der Waals surface area contributed by atoms with Crippen LogP contribution in [0.25, 0.3) is 16.7 Å². The number of hydrogen-bond acceptors (Lipinski definition) is 5. The number of rotatable bonds is 7. The number of methoxy groups -OCH3 is 1. The molecule has 4 rings (SSSR count). The molecule has 0 radical (unpaired) electrons. The number of amides is 1. The monoisotopic (exact) mass is 441 g/mol. The van der Waals surface area contributed by atoms with E-state index in [-0.39, 0.29) is 29.8 Å². The number of carbonyl (C=O) groups excluding carboxylic acids is 1. The fraction of sp³-hybridized carbons (Fsp3) is 0.238. The average molecular weight is 441 g/mol. The molecule has 0 aliphatic carbocycles. The van der Waals surface area contributed by atoms with Crippen molar-refractivity contribution in [1.82, 2.24) is 24.5 Å². The molecule has 0 spiro atoms. The van der Waals surface area contributed by atoms with Crippen molar-refractivity contribution < 1.29 is 13.9 Å². The van der Waals surface area contributed by atoms with Gasteiger partial charge in [-0.1, -0.05) is 12.1 Å². The molecule has 8 nitrogen and oxygen atoms in total. The fourth-order valence-electron chi connectivity index (χ4n) is 3.46. The number of aryl methyl sites for hydroxylation is 1. The van der Waals surface area contributed by atoms with Crippen molar-refractivity contribution in [2.24, 2.45) is 0 Å². The second-order valence-corrected chi connectivity index (χ2v) is 7.40. The second-order valence-electron chi connectivity index (χ2n) is 7.01. The number of benzene rings is 2. The Balaban J connectivity index is 1.46. The molecule has 2 N–H and O–H groups in total. The van der Waals surface area contributed by atoms with Gasteiger partial charge < -0.3 is 10.1 Å². The van der Waals surface area contributed by atoms with E-state index in [9.17, 15) is 14.0 Å². The normalized spacial score (nSPS) is 11.2. The minimum atomic E-state index is -0.503. The summed E-state index contributed by atoms with van der Waals surface area (Å²) in [5, 5.41) is 9.90. The van der Waals surface area contributed by atoms with Gasteiger partial charge in [0.15, 0.2) is 0 Å². The molecule has 0 aliphatic heterocycles. The Labute approximate surface area is 181 Å². The van der Waals surface area contributed by atoms with Crippen LogP contribution in [-0.2, 0) is 17.8 Å². The van der Waals surface area contributed by atoms with Crippen LogP contribution >= 0.6 is 12.2 Å². The van der Waals surface area contributed by atoms with E-state index in [1.54, 1.807) is 23.6 Å². The number of halogens is 1. The molecule has 2 aromatic heterocycles. The third kappa shape index (κ3) is 4.19. The quantitative estimate of drug-likeness (QED) is 0.340. The van der Waals surface area contributed by atoms with Crippen LogP contribution < -0.4 is 15.6 Å². The first-order valence-electron chi connectivity index (χ1n) is 9.67. The summed E-state index contributed by atoms with van der Waals surface area (Å²) >= 11 is 5.27. The molecule has 160 valence electrons. The molecule has 4 aromatic rings. The number of aromatic amines is 1. The predicted molar refractivity (Wildman–Crippen MR) is 116 cm³/mol. The maximum absolute atomic E-state index is 13.7. The molecule has 2 aromatic carbocycles. The molecular weight excluding hydrogens is 421 g/mol. The molecule has 0 saturated heterocycles. The molecule has 2 heterocycles. The van der Waals surface area contributed by atoms with E-state index in [4.69, 9.17) is 17.0 Å². The van der Waals surface area contributed by atoms with E-state index in [2.05, 4.69) is 15.5 Å². The number of ether oxygens (including phenoxy) is 1. The van der Waals surface area contributed by atoms with Crippen molar-refractivity contribution in [3.8, 4) is 5.75 Å². The van der Waals surface area contributed by atoms with E-state index in [1.807, 2.05) is 12.1 Å². The average Bonchev–Trinajstić information content (AvgIpc) is 3.15. The first-order valence-corrected chi connectivity index (χ1v) is 10.1. The van der Waals surface area contributed by atoms with Crippen molar-refractivity contribution >= 4 is 34.8 Å². The van der Waals surface area contributed by atoms with E-state index in [0.717, 1.165) is 11.3 Å². The van der Waals surface area contributed by atoms with Gasteiger partial charge in [0.25, 0.3) is 5.56 Å². The Morgan fingerprint density at radius 1 is 1.26 bits per heavy atom. The zero-order valence-corrected chi connectivity index (χ0v) is 17.5. The highest BCUT2D eigenvalue weighted by Gasteiger charge is 2.14. The molecule has 0 unspecified atom stereocenters. The van der Waals surface area contributed by atoms with Crippen molar-refractivity contribution in [3.63, 3.8) is 0 Å². The van der Waals surface area contributed by atoms with Crippen molar-refractivity contribution in [2.75, 3.05) is 13.7 Å². The van der Waals surface area contributed by atoms with Gasteiger partial charge in [-0.15, -0.1) is 5.10 Å². The number of hydrogen-bond donors (Lipinski definition) is 2. The van der Waals surface area contributed by atoms with Gasteiger partial charge in [-0.3, -0.25) is 18.6 Å². The molecule has 0 saturated carbocycles. The second kappa shape index (κ2) is 8.68. The predicted octanol–water partition coefficient (Wildman–Crippen LogP) is 2.60. The summed E-state index contributed by atoms with van der Waals surface area (Å²) in [4.78, 5) is 25.1. The Morgan fingerprint density at radius 2 is 2.03 bits per heavy atom. The molecular formula is C21H20FN5O3S. The summed E-state index contributed by atoms with van der Waals surface area (Å²) in [6.45, 7) is 0.664. The number of fused-ring (bicyclic) bond motifs is 3. The van der Waals surface area contributed by atoms with Gasteiger partial charge >= 0.3 is 0 Å². The van der Waals surface area contributed by atoms with Gasteiger partial charge in [-0.05, 0) is 54.5 Å². The highest BCUT2D eigenvalue weighted by atomic mass is 32.1. The fourth-order valence-corrected chi connectivity index (χ4v) is 3.68. The maximum Gasteiger partial charge on any atom is 0.262 e. The lowest BCUT2D eigenvalue weighted by atomic mass is 10.1. The summed E-state index contributed by atoms with van der Waals surface area (Å²) in [5.41, 5.74) is 1.00. The number of aromatic nitrogens is 4. The van der Waals surface area contributed by atoms with Gasteiger partial charge in [0.1, 0.15) is 11.6 Å². The van der Waals surface area contributed by atoms with Crippen molar-refractivity contribution in [3.05, 3.63) is 69.0 Å². The molecule has 1 amide bonds. The lowest BCUT2D eigenvalue weighted by Crippen LogP contribution is -2.29. The number of H-pyrrole nitrogens is 1. The first-order chi connectivity index (χ1) is 15.0. The molecule has 0 atom stereocenters. The van der Waals surface area contributed by atoms with E-state index in [1.165, 1.54) is 22.8 Å². The SMILES string of the molecule is COc1ccc(CC(=O)NCCCn2c(=O)c3cc(F)ccc3n3c(=S)[nH]nc23)cc1. The number of nitrogens with zero attached hydrogens (tertiary/aromatic N) is 3. The lowest BCUT2D eigenvalue weighted by molar-refractivity contribution is -0.120. The molecule has 10 heteroatoms. The minimum absolute atomic E-state index is 0.120. The van der Waals surface area contributed by atoms with Gasteiger partial charge in [0, 0.05) is 13.1 Å². The van der Waals surface area contributed by atoms with Crippen LogP contribution in [0.1, 0.15) is 12.0 Å². The Bertz CT molecular complexity index is 1370. The molecule has 0 aliphatic rings. The topological polar surface area (TPSA) is 93.4 Å². The van der Waals surface area contributed by atoms with Crippen LogP contribution in [0.4, 0.5) is 4.39 Å². The maximum atomic E-state index is 13.7. The Kier molecular flexibility index (Phi) is 5.81. The van der Waals surface area contributed by atoms with Crippen molar-refractivity contribution in [1.29, 1.82) is 0 Å². The molecule has 0 bridgehead atoms. The molecule has 0 fully saturated rings. The van der Waals surface area contributed by atoms with Crippen molar-refractivity contribution in [2.45, 2.75) is 19.4 Å². The lowest BCUT2D eigenvalue weighted by Gasteiger charge is -2.11. The van der Waals surface area contributed by atoms with Gasteiger partial charge in [0.05, 0.1) is 24.4 Å². The van der Waals surface area contributed by atoms with E-state index < -0.39 is 5.82 Å². The number of carbonyl (C=O) groups is 1. The highest BCUT2D eigenvalue weighted by molar-refractivity contribution is 7.71. The van der Waals surface area contributed by atoms with E-state index in [0.29, 0.717) is 29.0 Å². The summed E-state index contributed by atoms with van der Waals surface area (Å²) in [6, 6.07) is 11.3. The zero-order valence-electron chi connectivity index (χ0n) is 16.7. The van der Waals surface area contributed by atoms with Gasteiger partial charge in [-0.2, -0.15) is 0 Å². The van der Waals surface area contributed by atoms with Crippen LogP contribution in [0, 0.1) is 10.6 Å². The third-order valence-corrected chi connectivity index (χ3v) is 5.25. The third-order valence-electron chi connectivity index (χ3n) is 4.98. The standard InChI is InChI=1S/C21H20FN5O3S/c1-30-15-6-3-13(4-7-15)11-18(28)23-9-2-10-26-19(29)16-12-14(22)5-8-17(16)27-20(26)24-25-21(27)31/h3-8,12H,2,9-11H2,1H3,(H,23,28)(H,25,31). The summed E-state index contributed by atoms with van der Waals surface area (Å²) in [5.74, 6) is 0.454. The minimum Gasteiger partial charge on any atom is -0.497 e. The molecule has 31 heavy (non-hydrogen) atoms. The smallest absolute Gasteiger partial charge is 0.262 e.